The Morgan fingerprint density at radius 2 is 1.89 bits per heavy atom. The van der Waals surface area contributed by atoms with Crippen molar-refractivity contribution in [2.45, 2.75) is 17.9 Å². The van der Waals surface area contributed by atoms with E-state index in [1.54, 1.807) is 26.2 Å². The molecule has 1 aromatic rings. The third kappa shape index (κ3) is 3.08. The number of rotatable bonds is 3. The zero-order chi connectivity index (χ0) is 14.0. The van der Waals surface area contributed by atoms with Crippen molar-refractivity contribution in [3.05, 3.63) is 24.3 Å². The van der Waals surface area contributed by atoms with E-state index in [0.717, 1.165) is 25.3 Å². The number of anilines is 1. The van der Waals surface area contributed by atoms with Crippen LogP contribution in [0.3, 0.4) is 0 Å². The molecule has 5 nitrogen and oxygen atoms in total. The molecule has 1 saturated heterocycles. The normalized spacial score (nSPS) is 20.8. The summed E-state index contributed by atoms with van der Waals surface area (Å²) in [6.45, 7) is 5.00. The van der Waals surface area contributed by atoms with E-state index in [0.29, 0.717) is 10.9 Å². The van der Waals surface area contributed by atoms with Gasteiger partial charge in [-0.05, 0) is 31.2 Å². The second-order valence-electron chi connectivity index (χ2n) is 5.08. The van der Waals surface area contributed by atoms with Crippen molar-refractivity contribution in [1.82, 2.24) is 9.62 Å². The second-order valence-corrected chi connectivity index (χ2v) is 7.23. The van der Waals surface area contributed by atoms with Crippen molar-refractivity contribution in [2.24, 2.45) is 0 Å². The Kier molecular flexibility index (Phi) is 4.13. The number of hydrogen-bond acceptors (Lipinski definition) is 4. The van der Waals surface area contributed by atoms with Crippen molar-refractivity contribution in [2.75, 3.05) is 38.6 Å². The number of nitrogens with zero attached hydrogens (tertiary/aromatic N) is 2. The van der Waals surface area contributed by atoms with E-state index in [1.165, 1.54) is 4.31 Å². The number of hydrogen-bond donors (Lipinski definition) is 1. The molecule has 0 bridgehead atoms. The summed E-state index contributed by atoms with van der Waals surface area (Å²) in [6, 6.07) is 7.58. The Morgan fingerprint density at radius 3 is 2.42 bits per heavy atom. The minimum Gasteiger partial charge on any atom is -0.369 e. The van der Waals surface area contributed by atoms with Crippen LogP contribution >= 0.6 is 0 Å². The minimum atomic E-state index is -3.33. The maximum Gasteiger partial charge on any atom is 0.242 e. The molecule has 0 saturated carbocycles. The highest BCUT2D eigenvalue weighted by atomic mass is 32.2. The van der Waals surface area contributed by atoms with Gasteiger partial charge in [0.1, 0.15) is 0 Å². The fourth-order valence-corrected chi connectivity index (χ4v) is 3.11. The third-order valence-corrected chi connectivity index (χ3v) is 5.18. The molecule has 0 spiro atoms. The molecule has 1 aliphatic rings. The van der Waals surface area contributed by atoms with Crippen molar-refractivity contribution in [1.29, 1.82) is 0 Å². The molecule has 1 heterocycles. The van der Waals surface area contributed by atoms with E-state index >= 15 is 0 Å². The summed E-state index contributed by atoms with van der Waals surface area (Å²) in [5.74, 6) is 0. The second kappa shape index (κ2) is 5.48. The first-order chi connectivity index (χ1) is 8.91. The van der Waals surface area contributed by atoms with Gasteiger partial charge in [-0.25, -0.2) is 12.7 Å². The molecule has 0 aliphatic carbocycles. The van der Waals surface area contributed by atoms with Gasteiger partial charge in [0, 0.05) is 45.5 Å². The van der Waals surface area contributed by atoms with Gasteiger partial charge in [0.25, 0.3) is 0 Å². The van der Waals surface area contributed by atoms with E-state index in [2.05, 4.69) is 17.1 Å². The Labute approximate surface area is 115 Å². The Balaban J connectivity index is 2.19. The van der Waals surface area contributed by atoms with E-state index in [-0.39, 0.29) is 0 Å². The van der Waals surface area contributed by atoms with Gasteiger partial charge < -0.3 is 10.2 Å². The van der Waals surface area contributed by atoms with Crippen LogP contribution in [0.5, 0.6) is 0 Å². The van der Waals surface area contributed by atoms with Crippen molar-refractivity contribution in [3.8, 4) is 0 Å². The molecule has 106 valence electrons. The van der Waals surface area contributed by atoms with Crippen LogP contribution in [0.25, 0.3) is 0 Å². The van der Waals surface area contributed by atoms with Gasteiger partial charge in [-0.2, -0.15) is 0 Å². The molecule has 1 aliphatic heterocycles. The van der Waals surface area contributed by atoms with Gasteiger partial charge in [0.2, 0.25) is 10.0 Å². The monoisotopic (exact) mass is 283 g/mol. The average molecular weight is 283 g/mol. The molecule has 19 heavy (non-hydrogen) atoms. The highest BCUT2D eigenvalue weighted by molar-refractivity contribution is 7.89. The van der Waals surface area contributed by atoms with Gasteiger partial charge in [-0.15, -0.1) is 0 Å². The fraction of sp³-hybridized carbons (Fsp3) is 0.538. The predicted octanol–water partition coefficient (Wildman–Crippen LogP) is 0.735. The van der Waals surface area contributed by atoms with Crippen LogP contribution in [0.4, 0.5) is 5.69 Å². The van der Waals surface area contributed by atoms with Gasteiger partial charge in [-0.3, -0.25) is 0 Å². The minimum absolute atomic E-state index is 0.337. The van der Waals surface area contributed by atoms with Crippen LogP contribution in [0.15, 0.2) is 29.2 Å². The maximum absolute atomic E-state index is 12.0. The molecule has 0 radical (unpaired) electrons. The number of nitrogens with one attached hydrogen (secondary N) is 1. The van der Waals surface area contributed by atoms with E-state index in [1.807, 2.05) is 12.1 Å². The quantitative estimate of drug-likeness (QED) is 0.889. The van der Waals surface area contributed by atoms with E-state index in [4.69, 9.17) is 0 Å². The molecule has 1 N–H and O–H groups in total. The summed E-state index contributed by atoms with van der Waals surface area (Å²) in [7, 11) is -0.247. The molecule has 1 atom stereocenters. The van der Waals surface area contributed by atoms with Crippen LogP contribution in [0.2, 0.25) is 0 Å². The van der Waals surface area contributed by atoms with Crippen LogP contribution in [0, 0.1) is 0 Å². The van der Waals surface area contributed by atoms with E-state index in [9.17, 15) is 8.42 Å². The molecule has 1 aromatic carbocycles. The lowest BCUT2D eigenvalue weighted by atomic mass is 10.2. The van der Waals surface area contributed by atoms with Crippen LogP contribution in [-0.4, -0.2) is 52.5 Å². The summed E-state index contributed by atoms with van der Waals surface area (Å²) in [4.78, 5) is 2.61. The smallest absolute Gasteiger partial charge is 0.242 e. The molecule has 1 fully saturated rings. The van der Waals surface area contributed by atoms with Crippen molar-refractivity contribution in [3.63, 3.8) is 0 Å². The van der Waals surface area contributed by atoms with Gasteiger partial charge in [0.15, 0.2) is 0 Å². The average Bonchev–Trinajstić information content (AvgIpc) is 2.38. The SMILES string of the molecule is C[C@H]1CN(c2ccc(S(=O)(=O)N(C)C)cc2)CCN1. The van der Waals surface area contributed by atoms with E-state index < -0.39 is 10.0 Å². The summed E-state index contributed by atoms with van der Waals surface area (Å²) in [6.07, 6.45) is 0. The summed E-state index contributed by atoms with van der Waals surface area (Å²) >= 11 is 0. The lowest BCUT2D eigenvalue weighted by molar-refractivity contribution is 0.484. The van der Waals surface area contributed by atoms with Crippen molar-refractivity contribution < 1.29 is 8.42 Å². The molecular formula is C13H21N3O2S. The van der Waals surface area contributed by atoms with Crippen LogP contribution in [0.1, 0.15) is 6.92 Å². The largest absolute Gasteiger partial charge is 0.369 e. The number of sulfonamides is 1. The fourth-order valence-electron chi connectivity index (χ4n) is 2.21. The molecule has 0 amide bonds. The summed E-state index contributed by atoms with van der Waals surface area (Å²) < 4.78 is 25.2. The zero-order valence-corrected chi connectivity index (χ0v) is 12.4. The topological polar surface area (TPSA) is 52.7 Å². The molecule has 0 unspecified atom stereocenters. The standard InChI is InChI=1S/C13H21N3O2S/c1-11-10-16(9-8-14-11)12-4-6-13(7-5-12)19(17,18)15(2)3/h4-7,11,14H,8-10H2,1-3H3/t11-/m0/s1. The Hall–Kier alpha value is -1.11. The summed E-state index contributed by atoms with van der Waals surface area (Å²) in [5, 5.41) is 3.39. The highest BCUT2D eigenvalue weighted by Crippen LogP contribution is 2.20. The first kappa shape index (κ1) is 14.3. The molecular weight excluding hydrogens is 262 g/mol. The molecule has 2 rings (SSSR count). The lowest BCUT2D eigenvalue weighted by Gasteiger charge is -2.33. The highest BCUT2D eigenvalue weighted by Gasteiger charge is 2.19. The van der Waals surface area contributed by atoms with Crippen LogP contribution < -0.4 is 10.2 Å². The van der Waals surface area contributed by atoms with Gasteiger partial charge in [0.05, 0.1) is 4.90 Å². The van der Waals surface area contributed by atoms with Crippen molar-refractivity contribution >= 4 is 15.7 Å². The predicted molar refractivity (Wildman–Crippen MR) is 77.0 cm³/mol. The molecule has 6 heteroatoms. The van der Waals surface area contributed by atoms with Crippen LogP contribution in [-0.2, 0) is 10.0 Å². The van der Waals surface area contributed by atoms with Gasteiger partial charge in [-0.1, -0.05) is 0 Å². The maximum atomic E-state index is 12.0. The zero-order valence-electron chi connectivity index (χ0n) is 11.6. The summed E-state index contributed by atoms with van der Waals surface area (Å²) in [5.41, 5.74) is 1.08. The van der Waals surface area contributed by atoms with Gasteiger partial charge >= 0.3 is 0 Å². The molecule has 0 aromatic heterocycles. The first-order valence-electron chi connectivity index (χ1n) is 6.42. The Bertz CT molecular complexity index is 525. The first-order valence-corrected chi connectivity index (χ1v) is 7.86. The number of benzene rings is 1. The third-order valence-electron chi connectivity index (χ3n) is 3.35. The Morgan fingerprint density at radius 1 is 1.26 bits per heavy atom. The lowest BCUT2D eigenvalue weighted by Crippen LogP contribution is -2.49. The number of piperazine rings is 1.